The first-order valence-electron chi connectivity index (χ1n) is 6.71. The lowest BCUT2D eigenvalue weighted by molar-refractivity contribution is -0.142. The fourth-order valence-electron chi connectivity index (χ4n) is 1.86. The Morgan fingerprint density at radius 3 is 2.25 bits per heavy atom. The highest BCUT2D eigenvalue weighted by Crippen LogP contribution is 2.19. The molecule has 0 bridgehead atoms. The number of nitrogens with one attached hydrogen (secondary N) is 1. The third-order valence-corrected chi connectivity index (χ3v) is 5.60. The van der Waals surface area contributed by atoms with Gasteiger partial charge in [0.05, 0.1) is 5.92 Å². The third-order valence-electron chi connectivity index (χ3n) is 4.04. The van der Waals surface area contributed by atoms with Gasteiger partial charge in [0.25, 0.3) is 10.2 Å². The highest BCUT2D eigenvalue weighted by molar-refractivity contribution is 7.87. The van der Waals surface area contributed by atoms with E-state index in [1.165, 1.54) is 4.31 Å². The summed E-state index contributed by atoms with van der Waals surface area (Å²) in [6.45, 7) is 4.73. The van der Waals surface area contributed by atoms with Gasteiger partial charge in [-0.1, -0.05) is 0 Å². The number of carboxylic acids is 1. The van der Waals surface area contributed by atoms with Gasteiger partial charge in [-0.2, -0.15) is 12.7 Å². The summed E-state index contributed by atoms with van der Waals surface area (Å²) in [7, 11) is 0.256. The molecule has 0 amide bonds. The molecule has 0 aromatic rings. The molecule has 8 heteroatoms. The molecule has 1 heterocycles. The summed E-state index contributed by atoms with van der Waals surface area (Å²) in [4.78, 5) is 12.8. The number of carbonyl (C=O) groups is 1. The van der Waals surface area contributed by atoms with Gasteiger partial charge in [-0.05, 0) is 40.8 Å². The minimum Gasteiger partial charge on any atom is -0.481 e. The number of hydrogen-bond acceptors (Lipinski definition) is 4. The maximum atomic E-state index is 12.2. The van der Waals surface area contributed by atoms with Crippen LogP contribution in [-0.4, -0.2) is 68.0 Å². The Morgan fingerprint density at radius 2 is 1.85 bits per heavy atom. The Morgan fingerprint density at radius 1 is 1.35 bits per heavy atom. The van der Waals surface area contributed by atoms with Gasteiger partial charge in [-0.3, -0.25) is 4.79 Å². The van der Waals surface area contributed by atoms with E-state index in [1.54, 1.807) is 0 Å². The molecule has 2 N–H and O–H groups in total. The van der Waals surface area contributed by atoms with E-state index in [1.807, 2.05) is 32.8 Å². The van der Waals surface area contributed by atoms with E-state index >= 15 is 0 Å². The first kappa shape index (κ1) is 17.4. The van der Waals surface area contributed by atoms with Crippen molar-refractivity contribution < 1.29 is 18.3 Å². The second kappa shape index (κ2) is 6.38. The zero-order chi connectivity index (χ0) is 15.6. The van der Waals surface area contributed by atoms with Gasteiger partial charge in [0, 0.05) is 25.2 Å². The molecule has 20 heavy (non-hydrogen) atoms. The Bertz CT molecular complexity index is 440. The zero-order valence-corrected chi connectivity index (χ0v) is 13.4. The van der Waals surface area contributed by atoms with Gasteiger partial charge >= 0.3 is 5.97 Å². The van der Waals surface area contributed by atoms with E-state index in [9.17, 15) is 13.2 Å². The summed E-state index contributed by atoms with van der Waals surface area (Å²) in [6, 6.07) is 0. The van der Waals surface area contributed by atoms with Crippen molar-refractivity contribution in [2.45, 2.75) is 32.2 Å². The van der Waals surface area contributed by atoms with Crippen LogP contribution in [0.15, 0.2) is 0 Å². The highest BCUT2D eigenvalue weighted by atomic mass is 32.2. The lowest BCUT2D eigenvalue weighted by atomic mass is 9.99. The molecule has 0 saturated carbocycles. The standard InChI is InChI=1S/C12H25N3O4S/c1-12(2,14(3)4)9-13-20(18,19)15-7-5-10(6-8-15)11(16)17/h10,13H,5-9H2,1-4H3,(H,16,17). The molecule has 0 aromatic carbocycles. The number of rotatable bonds is 6. The molecule has 118 valence electrons. The second-order valence-corrected chi connectivity index (χ2v) is 7.80. The molecule has 1 fully saturated rings. The SMILES string of the molecule is CN(C)C(C)(C)CNS(=O)(=O)N1CCC(C(=O)O)CC1. The largest absolute Gasteiger partial charge is 0.481 e. The van der Waals surface area contributed by atoms with Gasteiger partial charge in [0.1, 0.15) is 0 Å². The summed E-state index contributed by atoms with van der Waals surface area (Å²) in [5.41, 5.74) is -0.285. The molecular weight excluding hydrogens is 282 g/mol. The molecule has 7 nitrogen and oxygen atoms in total. The summed E-state index contributed by atoms with van der Waals surface area (Å²) < 4.78 is 28.3. The smallest absolute Gasteiger partial charge is 0.306 e. The predicted octanol–water partition coefficient (Wildman–Crippen LogP) is -0.0424. The van der Waals surface area contributed by atoms with Crippen LogP contribution < -0.4 is 4.72 Å². The van der Waals surface area contributed by atoms with Crippen LogP contribution in [0, 0.1) is 5.92 Å². The molecule has 0 aliphatic carbocycles. The van der Waals surface area contributed by atoms with E-state index in [2.05, 4.69) is 4.72 Å². The maximum Gasteiger partial charge on any atom is 0.306 e. The van der Waals surface area contributed by atoms with Crippen molar-refractivity contribution in [2.24, 2.45) is 5.92 Å². The first-order chi connectivity index (χ1) is 9.06. The molecule has 1 saturated heterocycles. The molecule has 0 unspecified atom stereocenters. The summed E-state index contributed by atoms with van der Waals surface area (Å²) in [5, 5.41) is 8.91. The number of aliphatic carboxylic acids is 1. The van der Waals surface area contributed by atoms with Crippen molar-refractivity contribution in [3.8, 4) is 0 Å². The maximum absolute atomic E-state index is 12.2. The van der Waals surface area contributed by atoms with Gasteiger partial charge in [0.2, 0.25) is 0 Å². The number of nitrogens with zero attached hydrogens (tertiary/aromatic N) is 2. The molecule has 1 aliphatic heterocycles. The third kappa shape index (κ3) is 4.41. The summed E-state index contributed by atoms with van der Waals surface area (Å²) in [6.07, 6.45) is 0.737. The number of piperidine rings is 1. The van der Waals surface area contributed by atoms with Crippen LogP contribution in [0.5, 0.6) is 0 Å². The van der Waals surface area contributed by atoms with Crippen LogP contribution in [0.4, 0.5) is 0 Å². The second-order valence-electron chi connectivity index (χ2n) is 6.04. The molecular formula is C12H25N3O4S. The Kier molecular flexibility index (Phi) is 5.54. The minimum atomic E-state index is -3.54. The monoisotopic (exact) mass is 307 g/mol. The van der Waals surface area contributed by atoms with E-state index in [4.69, 9.17) is 5.11 Å². The van der Waals surface area contributed by atoms with Crippen LogP contribution in [0.2, 0.25) is 0 Å². The van der Waals surface area contributed by atoms with Crippen molar-refractivity contribution in [3.05, 3.63) is 0 Å². The van der Waals surface area contributed by atoms with Crippen LogP contribution in [0.3, 0.4) is 0 Å². The van der Waals surface area contributed by atoms with Crippen molar-refractivity contribution in [1.29, 1.82) is 0 Å². The first-order valence-corrected chi connectivity index (χ1v) is 8.15. The van der Waals surface area contributed by atoms with Gasteiger partial charge in [0.15, 0.2) is 0 Å². The average molecular weight is 307 g/mol. The van der Waals surface area contributed by atoms with Crippen LogP contribution in [-0.2, 0) is 15.0 Å². The molecule has 0 radical (unpaired) electrons. The lowest BCUT2D eigenvalue weighted by Gasteiger charge is -2.34. The molecule has 0 aromatic heterocycles. The zero-order valence-electron chi connectivity index (χ0n) is 12.6. The quantitative estimate of drug-likeness (QED) is 0.718. The number of likely N-dealkylation sites (N-methyl/N-ethyl adjacent to an activating group) is 1. The average Bonchev–Trinajstić information content (AvgIpc) is 2.36. The highest BCUT2D eigenvalue weighted by Gasteiger charge is 2.32. The normalized spacial score (nSPS) is 19.4. The molecule has 1 rings (SSSR count). The fraction of sp³-hybridized carbons (Fsp3) is 0.917. The summed E-state index contributed by atoms with van der Waals surface area (Å²) >= 11 is 0. The Labute approximate surface area is 121 Å². The van der Waals surface area contributed by atoms with Crippen molar-refractivity contribution in [3.63, 3.8) is 0 Å². The minimum absolute atomic E-state index is 0.259. The van der Waals surface area contributed by atoms with Crippen molar-refractivity contribution in [2.75, 3.05) is 33.7 Å². The van der Waals surface area contributed by atoms with Gasteiger partial charge in [-0.25, -0.2) is 4.72 Å². The predicted molar refractivity (Wildman–Crippen MR) is 76.6 cm³/mol. The lowest BCUT2D eigenvalue weighted by Crippen LogP contribution is -2.52. The topological polar surface area (TPSA) is 90.0 Å². The Hall–Kier alpha value is -0.700. The van der Waals surface area contributed by atoms with Crippen LogP contribution in [0.1, 0.15) is 26.7 Å². The van der Waals surface area contributed by atoms with E-state index in [-0.39, 0.29) is 18.6 Å². The van der Waals surface area contributed by atoms with E-state index < -0.39 is 22.1 Å². The summed E-state index contributed by atoms with van der Waals surface area (Å²) in [5.74, 6) is -1.27. The van der Waals surface area contributed by atoms with Gasteiger partial charge < -0.3 is 10.0 Å². The molecule has 0 spiro atoms. The van der Waals surface area contributed by atoms with E-state index in [0.29, 0.717) is 19.4 Å². The van der Waals surface area contributed by atoms with Crippen LogP contribution >= 0.6 is 0 Å². The van der Waals surface area contributed by atoms with Crippen molar-refractivity contribution >= 4 is 16.2 Å². The fourth-order valence-corrected chi connectivity index (χ4v) is 3.27. The molecule has 0 atom stereocenters. The number of hydrogen-bond donors (Lipinski definition) is 2. The molecule has 1 aliphatic rings. The van der Waals surface area contributed by atoms with Crippen molar-refractivity contribution in [1.82, 2.24) is 13.9 Å². The van der Waals surface area contributed by atoms with E-state index in [0.717, 1.165) is 0 Å². The van der Waals surface area contributed by atoms with Gasteiger partial charge in [-0.15, -0.1) is 0 Å². The number of carboxylic acid groups (broad SMARTS) is 1. The Balaban J connectivity index is 2.57. The van der Waals surface area contributed by atoms with Crippen LogP contribution in [0.25, 0.3) is 0 Å².